The van der Waals surface area contributed by atoms with Crippen LogP contribution in [0.4, 0.5) is 0 Å². The third-order valence-electron chi connectivity index (χ3n) is 10.7. The molecule has 2 fully saturated rings. The minimum absolute atomic E-state index is 0.00273. The molecule has 2 N–H and O–H groups in total. The van der Waals surface area contributed by atoms with Gasteiger partial charge in [-0.1, -0.05) is 96.3 Å². The summed E-state index contributed by atoms with van der Waals surface area (Å²) in [4.78, 5) is 0. The molecule has 4 atom stereocenters. The van der Waals surface area contributed by atoms with E-state index in [9.17, 15) is 10.2 Å². The predicted molar refractivity (Wildman–Crippen MR) is 272 cm³/mol. The van der Waals surface area contributed by atoms with Gasteiger partial charge in [0.2, 0.25) is 8.77 Å². The molecule has 0 aliphatic carbocycles. The van der Waals surface area contributed by atoms with Crippen LogP contribution in [0.3, 0.4) is 0 Å². The molecule has 8 rings (SSSR count). The van der Waals surface area contributed by atoms with Gasteiger partial charge in [0.15, 0.2) is 0 Å². The van der Waals surface area contributed by atoms with Gasteiger partial charge in [0.25, 0.3) is 0 Å². The summed E-state index contributed by atoms with van der Waals surface area (Å²) in [6, 6.07) is 47.6. The molecule has 4 unspecified atom stereocenters. The molecule has 14 heteroatoms. The number of hydrogen-bond donors (Lipinski definition) is 2. The fraction of sp³-hybridized carbons (Fsp3) is 0.283. The Bertz CT molecular complexity index is 2300. The van der Waals surface area contributed by atoms with Crippen molar-refractivity contribution in [2.24, 2.45) is 0 Å². The van der Waals surface area contributed by atoms with E-state index >= 15 is 0 Å². The van der Waals surface area contributed by atoms with Crippen molar-refractivity contribution in [1.29, 1.82) is 0 Å². The monoisotopic (exact) mass is 976 g/mol. The van der Waals surface area contributed by atoms with E-state index in [2.05, 4.69) is 24.3 Å². The molecule has 2 heterocycles. The minimum atomic E-state index is -0.798. The Morgan fingerprint density at radius 2 is 0.612 bits per heavy atom. The van der Waals surface area contributed by atoms with Crippen molar-refractivity contribution in [3.8, 4) is 34.5 Å². The highest BCUT2D eigenvalue weighted by atomic mass is 32.2. The fourth-order valence-corrected chi connectivity index (χ4v) is 9.13. The molecule has 0 amide bonds. The van der Waals surface area contributed by atoms with Crippen LogP contribution in [0.15, 0.2) is 146 Å². The summed E-state index contributed by atoms with van der Waals surface area (Å²) in [5, 5.41) is 21.1. The number of aliphatic hydroxyl groups is 2. The normalized spacial score (nSPS) is 16.4. The highest BCUT2D eigenvalue weighted by molar-refractivity contribution is 8.23. The second-order valence-electron chi connectivity index (χ2n) is 16.2. The smallest absolute Gasteiger partial charge is 0.220 e. The van der Waals surface area contributed by atoms with Gasteiger partial charge in [-0.15, -0.1) is 0 Å². The van der Waals surface area contributed by atoms with Gasteiger partial charge in [0.1, 0.15) is 98.6 Å². The second-order valence-corrected chi connectivity index (χ2v) is 19.4. The average molecular weight is 977 g/mol. The first-order chi connectivity index (χ1) is 32.7. The third kappa shape index (κ3) is 15.8. The lowest BCUT2D eigenvalue weighted by molar-refractivity contribution is 0.0626. The average Bonchev–Trinajstić information content (AvgIpc) is 3.99. The van der Waals surface area contributed by atoms with Gasteiger partial charge in [0.05, 0.1) is 0 Å². The van der Waals surface area contributed by atoms with Crippen molar-refractivity contribution in [2.45, 2.75) is 43.7 Å². The highest BCUT2D eigenvalue weighted by Crippen LogP contribution is 2.25. The van der Waals surface area contributed by atoms with Gasteiger partial charge in [-0.3, -0.25) is 0 Å². The Morgan fingerprint density at radius 1 is 0.388 bits per heavy atom. The zero-order chi connectivity index (χ0) is 46.2. The van der Waals surface area contributed by atoms with Crippen molar-refractivity contribution < 1.29 is 48.1 Å². The molecule has 2 aliphatic rings. The maximum absolute atomic E-state index is 10.5. The lowest BCUT2D eigenvalue weighted by Gasteiger charge is -2.15. The molecular formula is C53H52O10S4. The number of aliphatic hydroxyl groups excluding tert-OH is 2. The summed E-state index contributed by atoms with van der Waals surface area (Å²) in [6.07, 6.45) is 0.693. The zero-order valence-corrected chi connectivity index (χ0v) is 40.0. The fourth-order valence-electron chi connectivity index (χ4n) is 7.07. The molecule has 0 aromatic heterocycles. The molecule has 0 spiro atoms. The van der Waals surface area contributed by atoms with E-state index in [0.717, 1.165) is 64.5 Å². The summed E-state index contributed by atoms with van der Waals surface area (Å²) in [7, 11) is 0. The van der Waals surface area contributed by atoms with Crippen LogP contribution >= 0.6 is 48.0 Å². The first-order valence-corrected chi connectivity index (χ1v) is 24.8. The Hall–Kier alpha value is -5.48. The maximum atomic E-state index is 10.5. The highest BCUT2D eigenvalue weighted by Gasteiger charge is 2.23. The van der Waals surface area contributed by atoms with Gasteiger partial charge in [0, 0.05) is 11.5 Å². The van der Waals surface area contributed by atoms with Gasteiger partial charge < -0.3 is 48.1 Å². The van der Waals surface area contributed by atoms with Crippen LogP contribution in [0, 0.1) is 0 Å². The zero-order valence-electron chi connectivity index (χ0n) is 36.7. The van der Waals surface area contributed by atoms with Crippen molar-refractivity contribution in [3.05, 3.63) is 179 Å². The van der Waals surface area contributed by atoms with E-state index in [0.29, 0.717) is 45.0 Å². The van der Waals surface area contributed by atoms with Crippen molar-refractivity contribution in [2.75, 3.05) is 51.1 Å². The molecule has 0 bridgehead atoms. The molecular weight excluding hydrogens is 925 g/mol. The molecule has 67 heavy (non-hydrogen) atoms. The van der Waals surface area contributed by atoms with Gasteiger partial charge in [-0.2, -0.15) is 0 Å². The first-order valence-electron chi connectivity index (χ1n) is 22.1. The summed E-state index contributed by atoms with van der Waals surface area (Å²) >= 11 is 13.2. The minimum Gasteiger partial charge on any atom is -0.491 e. The van der Waals surface area contributed by atoms with Gasteiger partial charge in [-0.25, -0.2) is 0 Å². The third-order valence-corrected chi connectivity index (χ3v) is 13.3. The number of rotatable bonds is 24. The standard InChI is InChI=1S/C53H52O10S4/c54-42(30-58-46-17-5-38(6-18-46)26-40-9-21-48(22-10-40)60-32-50-34-66-52(64)62-50)28-56-44-13-1-36(2-14-44)25-37-3-15-45(16-4-37)57-29-43(55)31-59-47-19-7-39(8-20-47)27-41-11-23-49(24-12-41)61-33-51-35-67-53(65)63-51/h1-24,42-43,50-51,54-55H,25-35H2. The summed E-state index contributed by atoms with van der Waals surface area (Å²) in [6.45, 7) is 1.39. The van der Waals surface area contributed by atoms with Crippen LogP contribution < -0.4 is 28.4 Å². The largest absolute Gasteiger partial charge is 0.491 e. The van der Waals surface area contributed by atoms with Gasteiger partial charge in [-0.05, 0) is 150 Å². The molecule has 2 saturated heterocycles. The summed E-state index contributed by atoms with van der Waals surface area (Å²) in [5.41, 5.74) is 6.88. The second kappa shape index (κ2) is 24.5. The molecule has 6 aromatic rings. The Labute approximate surface area is 410 Å². The lowest BCUT2D eigenvalue weighted by Crippen LogP contribution is -2.25. The van der Waals surface area contributed by atoms with E-state index in [1.54, 1.807) is 23.5 Å². The Morgan fingerprint density at radius 3 is 0.821 bits per heavy atom. The van der Waals surface area contributed by atoms with Crippen molar-refractivity contribution >= 4 is 56.7 Å². The Kier molecular flexibility index (Phi) is 17.6. The number of benzene rings is 6. The van der Waals surface area contributed by atoms with E-state index in [-0.39, 0.29) is 38.6 Å². The summed E-state index contributed by atoms with van der Waals surface area (Å²) in [5.74, 6) is 5.97. The van der Waals surface area contributed by atoms with Crippen LogP contribution in [-0.4, -0.2) is 94.5 Å². The summed E-state index contributed by atoms with van der Waals surface area (Å²) < 4.78 is 47.3. The molecule has 6 aromatic carbocycles. The SMILES string of the molecule is OC(COc1ccc(Cc2ccc(OCC(O)COc3ccc(Cc4ccc(OCC5CSC(=S)O5)cc4)cc3)cc2)cc1)COc1ccc(Cc2ccc(OCC3CSC(=S)O3)cc2)cc1. The lowest BCUT2D eigenvalue weighted by atomic mass is 10.0. The molecule has 0 radical (unpaired) electrons. The molecule has 10 nitrogen and oxygen atoms in total. The first kappa shape index (κ1) is 48.0. The molecule has 348 valence electrons. The Balaban J connectivity index is 0.673. The number of ether oxygens (including phenoxy) is 8. The number of thioether (sulfide) groups is 2. The van der Waals surface area contributed by atoms with Crippen LogP contribution in [0.5, 0.6) is 34.5 Å². The van der Waals surface area contributed by atoms with E-state index < -0.39 is 12.2 Å². The molecule has 2 aliphatic heterocycles. The predicted octanol–water partition coefficient (Wildman–Crippen LogP) is 9.69. The topological polar surface area (TPSA) is 114 Å². The number of hydrogen-bond acceptors (Lipinski definition) is 14. The van der Waals surface area contributed by atoms with E-state index in [1.807, 2.05) is 121 Å². The van der Waals surface area contributed by atoms with Crippen molar-refractivity contribution in [3.63, 3.8) is 0 Å². The van der Waals surface area contributed by atoms with Gasteiger partial charge >= 0.3 is 0 Å². The quantitative estimate of drug-likeness (QED) is 0.0561. The van der Waals surface area contributed by atoms with Crippen LogP contribution in [0.1, 0.15) is 33.4 Å². The maximum Gasteiger partial charge on any atom is 0.220 e. The van der Waals surface area contributed by atoms with E-state index in [1.165, 1.54) is 11.1 Å². The van der Waals surface area contributed by atoms with Crippen molar-refractivity contribution in [1.82, 2.24) is 0 Å². The van der Waals surface area contributed by atoms with Crippen LogP contribution in [-0.2, 0) is 28.7 Å². The van der Waals surface area contributed by atoms with Crippen LogP contribution in [0.2, 0.25) is 0 Å². The molecule has 0 saturated carbocycles. The van der Waals surface area contributed by atoms with E-state index in [4.69, 9.17) is 62.3 Å². The van der Waals surface area contributed by atoms with Crippen LogP contribution in [0.25, 0.3) is 0 Å². The number of thiocarbonyl (C=S) groups is 2.